The summed E-state index contributed by atoms with van der Waals surface area (Å²) in [6, 6.07) is 6.90. The van der Waals surface area contributed by atoms with Crippen LogP contribution >= 0.6 is 22.7 Å². The molecule has 146 valence electrons. The fourth-order valence-corrected chi connectivity index (χ4v) is 5.88. The highest BCUT2D eigenvalue weighted by molar-refractivity contribution is 7.91. The summed E-state index contributed by atoms with van der Waals surface area (Å²) < 4.78 is 32.5. The molecule has 0 aliphatic carbocycles. The minimum absolute atomic E-state index is 0.101. The normalized spacial score (nSPS) is 18.1. The van der Waals surface area contributed by atoms with Gasteiger partial charge >= 0.3 is 11.8 Å². The second-order valence-corrected chi connectivity index (χ2v) is 9.80. The molecular weight excluding hydrogens is 410 g/mol. The number of ether oxygens (including phenoxy) is 1. The number of hydrogen-bond donors (Lipinski definition) is 2. The van der Waals surface area contributed by atoms with E-state index in [0.29, 0.717) is 19.6 Å². The Labute approximate surface area is 165 Å². The van der Waals surface area contributed by atoms with Crippen molar-refractivity contribution in [2.24, 2.45) is 0 Å². The Morgan fingerprint density at radius 1 is 1.15 bits per heavy atom. The highest BCUT2D eigenvalue weighted by Crippen LogP contribution is 2.25. The first-order chi connectivity index (χ1) is 13.0. The van der Waals surface area contributed by atoms with Crippen LogP contribution in [0.15, 0.2) is 39.2 Å². The Kier molecular flexibility index (Phi) is 6.60. The summed E-state index contributed by atoms with van der Waals surface area (Å²) in [7, 11) is -3.70. The molecule has 0 unspecified atom stereocenters. The summed E-state index contributed by atoms with van der Waals surface area (Å²) in [5.74, 6) is -1.60. The summed E-state index contributed by atoms with van der Waals surface area (Å²) in [5.41, 5.74) is 0. The number of carbonyl (C=O) groups is 2. The number of sulfonamides is 1. The van der Waals surface area contributed by atoms with Gasteiger partial charge in [0.15, 0.2) is 0 Å². The Balaban J connectivity index is 1.56. The maximum absolute atomic E-state index is 12.7. The van der Waals surface area contributed by atoms with E-state index >= 15 is 0 Å². The zero-order valence-electron chi connectivity index (χ0n) is 14.3. The number of amides is 2. The first kappa shape index (κ1) is 20.0. The van der Waals surface area contributed by atoms with Crippen molar-refractivity contribution in [1.82, 2.24) is 14.9 Å². The topological polar surface area (TPSA) is 105 Å². The lowest BCUT2D eigenvalue weighted by Gasteiger charge is -2.34. The highest BCUT2D eigenvalue weighted by Gasteiger charge is 2.35. The lowest BCUT2D eigenvalue weighted by molar-refractivity contribution is -0.140. The fourth-order valence-electron chi connectivity index (χ4n) is 2.55. The molecular formula is C16H19N3O5S3. The molecule has 8 nitrogen and oxygen atoms in total. The van der Waals surface area contributed by atoms with Gasteiger partial charge in [0, 0.05) is 11.4 Å². The van der Waals surface area contributed by atoms with Gasteiger partial charge in [-0.2, -0.15) is 4.31 Å². The first-order valence-corrected chi connectivity index (χ1v) is 11.4. The summed E-state index contributed by atoms with van der Waals surface area (Å²) in [5, 5.41) is 8.55. The van der Waals surface area contributed by atoms with Gasteiger partial charge in [0.05, 0.1) is 19.7 Å². The zero-order valence-corrected chi connectivity index (χ0v) is 16.7. The Morgan fingerprint density at radius 3 is 2.59 bits per heavy atom. The smallest absolute Gasteiger partial charge is 0.309 e. The van der Waals surface area contributed by atoms with E-state index in [1.807, 2.05) is 17.5 Å². The van der Waals surface area contributed by atoms with Crippen LogP contribution in [-0.2, 0) is 30.9 Å². The molecule has 2 amide bonds. The van der Waals surface area contributed by atoms with E-state index < -0.39 is 28.1 Å². The van der Waals surface area contributed by atoms with Crippen molar-refractivity contribution in [3.63, 3.8) is 0 Å². The fraction of sp³-hybridized carbons (Fsp3) is 0.375. The van der Waals surface area contributed by atoms with E-state index in [4.69, 9.17) is 4.74 Å². The maximum Gasteiger partial charge on any atom is 0.309 e. The van der Waals surface area contributed by atoms with E-state index in [0.717, 1.165) is 16.2 Å². The number of rotatable bonds is 6. The SMILES string of the molecule is O=C(NCc1cccs1)C(=O)NC[C@H]1OCCCN1S(=O)(=O)c1cccs1. The molecule has 0 spiro atoms. The van der Waals surface area contributed by atoms with E-state index in [9.17, 15) is 18.0 Å². The van der Waals surface area contributed by atoms with Crippen LogP contribution in [-0.4, -0.2) is 50.5 Å². The monoisotopic (exact) mass is 429 g/mol. The number of nitrogens with zero attached hydrogens (tertiary/aromatic N) is 1. The lowest BCUT2D eigenvalue weighted by Crippen LogP contribution is -2.52. The van der Waals surface area contributed by atoms with E-state index in [-0.39, 0.29) is 17.3 Å². The number of hydrogen-bond acceptors (Lipinski definition) is 7. The highest BCUT2D eigenvalue weighted by atomic mass is 32.2. The molecule has 27 heavy (non-hydrogen) atoms. The van der Waals surface area contributed by atoms with Crippen molar-refractivity contribution in [1.29, 1.82) is 0 Å². The minimum atomic E-state index is -3.70. The third kappa shape index (κ3) is 4.93. The molecule has 1 aliphatic rings. The van der Waals surface area contributed by atoms with Crippen molar-refractivity contribution < 1.29 is 22.7 Å². The number of nitrogens with one attached hydrogen (secondary N) is 2. The van der Waals surface area contributed by atoms with E-state index in [1.54, 1.807) is 11.4 Å². The minimum Gasteiger partial charge on any atom is -0.360 e. The van der Waals surface area contributed by atoms with Crippen LogP contribution in [0, 0.1) is 0 Å². The molecule has 0 aromatic carbocycles. The van der Waals surface area contributed by atoms with Crippen molar-refractivity contribution in [3.8, 4) is 0 Å². The lowest BCUT2D eigenvalue weighted by atomic mass is 10.3. The van der Waals surface area contributed by atoms with E-state index in [2.05, 4.69) is 10.6 Å². The van der Waals surface area contributed by atoms with Crippen LogP contribution in [0.25, 0.3) is 0 Å². The van der Waals surface area contributed by atoms with Crippen LogP contribution < -0.4 is 10.6 Å². The molecule has 2 N–H and O–H groups in total. The van der Waals surface area contributed by atoms with Crippen LogP contribution in [0.4, 0.5) is 0 Å². The predicted molar refractivity (Wildman–Crippen MR) is 102 cm³/mol. The Hall–Kier alpha value is -1.79. The van der Waals surface area contributed by atoms with Gasteiger partial charge in [-0.15, -0.1) is 22.7 Å². The number of carbonyl (C=O) groups excluding carboxylic acids is 2. The molecule has 1 fully saturated rings. The maximum atomic E-state index is 12.7. The predicted octanol–water partition coefficient (Wildman–Crippen LogP) is 0.979. The van der Waals surface area contributed by atoms with Crippen LogP contribution in [0.3, 0.4) is 0 Å². The van der Waals surface area contributed by atoms with Gasteiger partial charge in [0.1, 0.15) is 10.4 Å². The average molecular weight is 430 g/mol. The summed E-state index contributed by atoms with van der Waals surface area (Å²) in [6.45, 7) is 0.853. The molecule has 0 radical (unpaired) electrons. The molecule has 0 saturated carbocycles. The van der Waals surface area contributed by atoms with E-state index in [1.165, 1.54) is 21.7 Å². The van der Waals surface area contributed by atoms with Crippen LogP contribution in [0.2, 0.25) is 0 Å². The largest absolute Gasteiger partial charge is 0.360 e. The van der Waals surface area contributed by atoms with Crippen molar-refractivity contribution in [2.45, 2.75) is 23.4 Å². The Morgan fingerprint density at radius 2 is 1.89 bits per heavy atom. The van der Waals surface area contributed by atoms with Crippen molar-refractivity contribution >= 4 is 44.5 Å². The first-order valence-electron chi connectivity index (χ1n) is 8.24. The molecule has 0 bridgehead atoms. The Bertz CT molecular complexity index is 865. The zero-order chi connectivity index (χ0) is 19.3. The third-order valence-corrected chi connectivity index (χ3v) is 8.00. The molecule has 2 aromatic rings. The van der Waals surface area contributed by atoms with Crippen LogP contribution in [0.5, 0.6) is 0 Å². The summed E-state index contributed by atoms with van der Waals surface area (Å²) in [4.78, 5) is 24.8. The quantitative estimate of drug-likeness (QED) is 0.666. The second-order valence-electron chi connectivity index (χ2n) is 5.70. The standard InChI is InChI=1S/C16H19N3O5S3/c20-15(17-10-12-4-1-8-25-12)16(21)18-11-13-19(6-3-7-24-13)27(22,23)14-5-2-9-26-14/h1-2,4-5,8-9,13H,3,6-7,10-11H2,(H,17,20)(H,18,21)/t13-/m1/s1. The summed E-state index contributed by atoms with van der Waals surface area (Å²) in [6.07, 6.45) is -0.281. The van der Waals surface area contributed by atoms with Crippen molar-refractivity contribution in [2.75, 3.05) is 19.7 Å². The van der Waals surface area contributed by atoms with Gasteiger partial charge in [-0.25, -0.2) is 8.42 Å². The van der Waals surface area contributed by atoms with Gasteiger partial charge in [0.2, 0.25) is 0 Å². The van der Waals surface area contributed by atoms with Gasteiger partial charge in [-0.3, -0.25) is 9.59 Å². The molecule has 1 saturated heterocycles. The van der Waals surface area contributed by atoms with Gasteiger partial charge < -0.3 is 15.4 Å². The van der Waals surface area contributed by atoms with Crippen LogP contribution in [0.1, 0.15) is 11.3 Å². The third-order valence-electron chi connectivity index (χ3n) is 3.86. The summed E-state index contributed by atoms with van der Waals surface area (Å²) >= 11 is 2.60. The molecule has 11 heteroatoms. The van der Waals surface area contributed by atoms with Gasteiger partial charge in [0.25, 0.3) is 10.0 Å². The van der Waals surface area contributed by atoms with Gasteiger partial charge in [-0.1, -0.05) is 12.1 Å². The molecule has 1 aliphatic heterocycles. The molecule has 1 atom stereocenters. The van der Waals surface area contributed by atoms with Gasteiger partial charge in [-0.05, 0) is 29.3 Å². The average Bonchev–Trinajstić information content (AvgIpc) is 3.38. The number of thiophene rings is 2. The molecule has 2 aromatic heterocycles. The van der Waals surface area contributed by atoms with Crippen molar-refractivity contribution in [3.05, 3.63) is 39.9 Å². The molecule has 3 rings (SSSR count). The molecule has 3 heterocycles. The second kappa shape index (κ2) is 8.93.